The first kappa shape index (κ1) is 26.4. The third kappa shape index (κ3) is 4.30. The zero-order chi connectivity index (χ0) is 29.4. The molecule has 6 nitrogen and oxygen atoms in total. The Labute approximate surface area is 249 Å². The Morgan fingerprint density at radius 1 is 0.767 bits per heavy atom. The van der Waals surface area contributed by atoms with Gasteiger partial charge in [0.15, 0.2) is 5.69 Å². The molecule has 0 amide bonds. The van der Waals surface area contributed by atoms with Crippen molar-refractivity contribution < 1.29 is 9.53 Å². The second-order valence-electron chi connectivity index (χ2n) is 10.7. The summed E-state index contributed by atoms with van der Waals surface area (Å²) in [5.74, 6) is -0.477. The van der Waals surface area contributed by atoms with Crippen molar-refractivity contribution in [1.29, 1.82) is 0 Å². The molecular formula is C37H30N4O2. The van der Waals surface area contributed by atoms with Crippen LogP contribution in [0.2, 0.25) is 0 Å². The van der Waals surface area contributed by atoms with Gasteiger partial charge in [-0.05, 0) is 42.2 Å². The minimum atomic E-state index is -0.746. The highest BCUT2D eigenvalue weighted by molar-refractivity contribution is 6.15. The van der Waals surface area contributed by atoms with Gasteiger partial charge in [-0.2, -0.15) is 0 Å². The van der Waals surface area contributed by atoms with Crippen LogP contribution in [0.25, 0.3) is 32.9 Å². The fourth-order valence-electron chi connectivity index (χ4n) is 6.11. The lowest BCUT2D eigenvalue weighted by Crippen LogP contribution is -2.38. The van der Waals surface area contributed by atoms with Gasteiger partial charge in [0.1, 0.15) is 11.1 Å². The molecule has 7 rings (SSSR count). The number of nitrogens with zero attached hydrogens (tertiary/aromatic N) is 3. The molecule has 0 aliphatic carbocycles. The fraction of sp³-hybridized carbons (Fsp3) is 0.108. The van der Waals surface area contributed by atoms with E-state index >= 15 is 0 Å². The molecule has 0 unspecified atom stereocenters. The average Bonchev–Trinajstić information content (AvgIpc) is 3.69. The van der Waals surface area contributed by atoms with Crippen molar-refractivity contribution in [2.24, 2.45) is 0 Å². The Morgan fingerprint density at radius 3 is 1.86 bits per heavy atom. The summed E-state index contributed by atoms with van der Waals surface area (Å²) in [6.07, 6.45) is 2.10. The molecular weight excluding hydrogens is 532 g/mol. The Balaban J connectivity index is 1.61. The van der Waals surface area contributed by atoms with Gasteiger partial charge in [-0.3, -0.25) is 9.78 Å². The first-order valence-electron chi connectivity index (χ1n) is 14.4. The minimum absolute atomic E-state index is 0.223. The number of rotatable bonds is 7. The predicted octanol–water partition coefficient (Wildman–Crippen LogP) is 7.90. The maximum Gasteiger partial charge on any atom is 0.359 e. The topological polar surface area (TPSA) is 72.8 Å². The summed E-state index contributed by atoms with van der Waals surface area (Å²) in [5.41, 5.74) is 7.45. The SMILES string of the molecule is CCOC(=O)c1nnc2c1cc(-c1ccc(C)cc1)c1[nH]n(C(c3ccccc3)(c3ccccc3)c3ccccc3)cc12. The number of aromatic amines is 1. The summed E-state index contributed by atoms with van der Waals surface area (Å²) < 4.78 is 7.52. The first-order valence-corrected chi connectivity index (χ1v) is 14.4. The van der Waals surface area contributed by atoms with Gasteiger partial charge in [-0.25, -0.2) is 4.79 Å². The first-order chi connectivity index (χ1) is 21.1. The van der Waals surface area contributed by atoms with Crippen molar-refractivity contribution in [2.45, 2.75) is 19.4 Å². The molecule has 210 valence electrons. The van der Waals surface area contributed by atoms with Crippen LogP contribution in [0.4, 0.5) is 0 Å². The number of ether oxygens (including phenoxy) is 1. The predicted molar refractivity (Wildman–Crippen MR) is 170 cm³/mol. The Bertz CT molecular complexity index is 1950. The number of aromatic nitrogens is 4. The van der Waals surface area contributed by atoms with Crippen molar-refractivity contribution in [3.8, 4) is 11.1 Å². The van der Waals surface area contributed by atoms with E-state index in [-0.39, 0.29) is 12.3 Å². The number of benzene rings is 5. The van der Waals surface area contributed by atoms with Gasteiger partial charge >= 0.3 is 5.97 Å². The Morgan fingerprint density at radius 2 is 1.33 bits per heavy atom. The Hall–Kier alpha value is -5.49. The lowest BCUT2D eigenvalue weighted by Gasteiger charge is -2.37. The minimum Gasteiger partial charge on any atom is -0.461 e. The monoisotopic (exact) mass is 562 g/mol. The van der Waals surface area contributed by atoms with Gasteiger partial charge in [0.05, 0.1) is 12.1 Å². The van der Waals surface area contributed by atoms with E-state index in [4.69, 9.17) is 4.74 Å². The molecule has 0 radical (unpaired) electrons. The molecule has 5 aromatic carbocycles. The molecule has 0 bridgehead atoms. The van der Waals surface area contributed by atoms with Crippen LogP contribution in [0.3, 0.4) is 0 Å². The summed E-state index contributed by atoms with van der Waals surface area (Å²) in [4.78, 5) is 12.9. The smallest absolute Gasteiger partial charge is 0.359 e. The lowest BCUT2D eigenvalue weighted by atomic mass is 9.77. The number of H-pyrrole nitrogens is 1. The van der Waals surface area contributed by atoms with Crippen LogP contribution >= 0.6 is 0 Å². The molecule has 0 fully saturated rings. The van der Waals surface area contributed by atoms with Gasteiger partial charge in [-0.1, -0.05) is 121 Å². The average molecular weight is 563 g/mol. The molecule has 0 aliphatic heterocycles. The van der Waals surface area contributed by atoms with E-state index in [9.17, 15) is 4.79 Å². The van der Waals surface area contributed by atoms with Gasteiger partial charge < -0.3 is 4.74 Å². The summed E-state index contributed by atoms with van der Waals surface area (Å²) in [6.45, 7) is 4.12. The van der Waals surface area contributed by atoms with Gasteiger partial charge in [0.2, 0.25) is 0 Å². The van der Waals surface area contributed by atoms with E-state index in [1.165, 1.54) is 5.56 Å². The lowest BCUT2D eigenvalue weighted by molar-refractivity contribution is 0.0521. The van der Waals surface area contributed by atoms with Crippen LogP contribution in [0.1, 0.15) is 39.7 Å². The molecule has 2 heterocycles. The molecule has 0 spiro atoms. The standard InChI is InChI=1S/C37H30N4O2/c1-3-43-36(42)35-31-23-30(26-21-19-25(2)20-22-26)34-32(33(31)38-39-35)24-41(40-34)37(27-13-7-4-8-14-27,28-15-9-5-10-16-28)29-17-11-6-12-18-29/h4-24,40H,3H2,1-2H3. The Kier molecular flexibility index (Phi) is 6.59. The fourth-order valence-corrected chi connectivity index (χ4v) is 6.11. The van der Waals surface area contributed by atoms with Crippen LogP contribution in [0, 0.1) is 6.92 Å². The molecule has 0 atom stereocenters. The van der Waals surface area contributed by atoms with Crippen LogP contribution in [-0.2, 0) is 10.3 Å². The second kappa shape index (κ2) is 10.7. The number of nitrogens with one attached hydrogen (secondary N) is 1. The van der Waals surface area contributed by atoms with E-state index in [0.29, 0.717) is 10.9 Å². The summed E-state index contributed by atoms with van der Waals surface area (Å²) >= 11 is 0. The third-order valence-electron chi connectivity index (χ3n) is 8.10. The zero-order valence-electron chi connectivity index (χ0n) is 24.0. The summed E-state index contributed by atoms with van der Waals surface area (Å²) in [6, 6.07) is 41.9. The number of aryl methyl sites for hydroxylation is 1. The maximum atomic E-state index is 12.9. The number of carbonyl (C=O) groups is 1. The number of hydrogen-bond donors (Lipinski definition) is 1. The maximum absolute atomic E-state index is 12.9. The summed E-state index contributed by atoms with van der Waals surface area (Å²) in [7, 11) is 0. The van der Waals surface area contributed by atoms with Gasteiger partial charge in [0, 0.05) is 22.5 Å². The van der Waals surface area contributed by atoms with Crippen molar-refractivity contribution >= 4 is 27.8 Å². The largest absolute Gasteiger partial charge is 0.461 e. The van der Waals surface area contributed by atoms with Crippen molar-refractivity contribution in [2.75, 3.05) is 6.61 Å². The van der Waals surface area contributed by atoms with E-state index in [2.05, 4.69) is 130 Å². The molecule has 7 aromatic rings. The molecule has 2 aromatic heterocycles. The number of carbonyl (C=O) groups excluding carboxylic acids is 1. The van der Waals surface area contributed by atoms with E-state index < -0.39 is 11.5 Å². The van der Waals surface area contributed by atoms with Crippen molar-refractivity contribution in [3.63, 3.8) is 0 Å². The zero-order valence-corrected chi connectivity index (χ0v) is 24.0. The van der Waals surface area contributed by atoms with Crippen LogP contribution in [0.5, 0.6) is 0 Å². The number of esters is 1. The van der Waals surface area contributed by atoms with Crippen molar-refractivity contribution in [3.05, 3.63) is 155 Å². The number of hydrogen-bond acceptors (Lipinski definition) is 4. The highest BCUT2D eigenvalue weighted by atomic mass is 16.5. The molecule has 0 saturated heterocycles. The van der Waals surface area contributed by atoms with Gasteiger partial charge in [-0.15, -0.1) is 10.2 Å². The van der Waals surface area contributed by atoms with Crippen LogP contribution in [0.15, 0.2) is 128 Å². The molecule has 43 heavy (non-hydrogen) atoms. The van der Waals surface area contributed by atoms with Crippen LogP contribution in [-0.4, -0.2) is 32.6 Å². The third-order valence-corrected chi connectivity index (χ3v) is 8.10. The van der Waals surface area contributed by atoms with Crippen molar-refractivity contribution in [1.82, 2.24) is 20.0 Å². The summed E-state index contributed by atoms with van der Waals surface area (Å²) in [5, 5.41) is 14.2. The highest BCUT2D eigenvalue weighted by Crippen LogP contribution is 2.43. The van der Waals surface area contributed by atoms with Gasteiger partial charge in [0.25, 0.3) is 0 Å². The van der Waals surface area contributed by atoms with E-state index in [1.54, 1.807) is 6.92 Å². The normalized spacial score (nSPS) is 11.7. The number of fused-ring (bicyclic) bond motifs is 3. The van der Waals surface area contributed by atoms with E-state index in [0.717, 1.165) is 38.7 Å². The molecule has 1 N–H and O–H groups in total. The molecule has 0 saturated carbocycles. The molecule has 6 heteroatoms. The second-order valence-corrected chi connectivity index (χ2v) is 10.7. The quantitative estimate of drug-likeness (QED) is 0.158. The highest BCUT2D eigenvalue weighted by Gasteiger charge is 2.39. The van der Waals surface area contributed by atoms with E-state index in [1.807, 2.05) is 24.3 Å². The van der Waals surface area contributed by atoms with Crippen LogP contribution < -0.4 is 0 Å². The molecule has 0 aliphatic rings.